The van der Waals surface area contributed by atoms with Crippen LogP contribution in [-0.4, -0.2) is 57.8 Å². The second-order valence-corrected chi connectivity index (χ2v) is 10.8. The summed E-state index contributed by atoms with van der Waals surface area (Å²) in [5.41, 5.74) is 4.06. The van der Waals surface area contributed by atoms with Gasteiger partial charge in [0.05, 0.1) is 24.9 Å². The van der Waals surface area contributed by atoms with E-state index in [1.54, 1.807) is 12.1 Å². The number of benzene rings is 3. The zero-order chi connectivity index (χ0) is 30.1. The molecular formula is C33H40N2O7. The zero-order valence-corrected chi connectivity index (χ0v) is 24.1. The zero-order valence-electron chi connectivity index (χ0n) is 24.1. The van der Waals surface area contributed by atoms with Crippen LogP contribution in [0.5, 0.6) is 0 Å². The Hall–Kier alpha value is -3.60. The van der Waals surface area contributed by atoms with Gasteiger partial charge in [0.2, 0.25) is 5.91 Å². The number of nitrogens with one attached hydrogen (secondary N) is 1. The van der Waals surface area contributed by atoms with Gasteiger partial charge in [-0.2, -0.15) is 0 Å². The molecule has 5 atom stereocenters. The summed E-state index contributed by atoms with van der Waals surface area (Å²) >= 11 is 0. The number of nitrogens with zero attached hydrogens (tertiary/aromatic N) is 1. The molecule has 1 saturated heterocycles. The van der Waals surface area contributed by atoms with Gasteiger partial charge in [-0.1, -0.05) is 66.7 Å². The van der Waals surface area contributed by atoms with Crippen LogP contribution >= 0.6 is 0 Å². The first-order valence-electron chi connectivity index (χ1n) is 14.3. The van der Waals surface area contributed by atoms with E-state index in [2.05, 4.69) is 10.2 Å². The van der Waals surface area contributed by atoms with Crippen molar-refractivity contribution in [1.82, 2.24) is 4.90 Å². The highest BCUT2D eigenvalue weighted by molar-refractivity contribution is 5.90. The number of aliphatic carboxylic acids is 1. The number of carboxylic acids is 1. The maximum atomic E-state index is 12.2. The Morgan fingerprint density at radius 2 is 1.62 bits per heavy atom. The molecule has 224 valence electrons. The van der Waals surface area contributed by atoms with Crippen molar-refractivity contribution >= 4 is 17.6 Å². The molecule has 1 aliphatic heterocycles. The molecule has 3 aromatic rings. The highest BCUT2D eigenvalue weighted by Gasteiger charge is 2.34. The molecule has 1 aliphatic rings. The van der Waals surface area contributed by atoms with E-state index >= 15 is 0 Å². The molecule has 0 spiro atoms. The van der Waals surface area contributed by atoms with Gasteiger partial charge in [0.25, 0.3) is 0 Å². The molecule has 9 nitrogen and oxygen atoms in total. The number of rotatable bonds is 13. The van der Waals surface area contributed by atoms with Gasteiger partial charge < -0.3 is 30.1 Å². The lowest BCUT2D eigenvalue weighted by Gasteiger charge is -2.39. The summed E-state index contributed by atoms with van der Waals surface area (Å²) in [7, 11) is 1.98. The van der Waals surface area contributed by atoms with Crippen LogP contribution in [0.25, 0.3) is 0 Å². The normalized spacial score (nSPS) is 20.2. The van der Waals surface area contributed by atoms with Crippen LogP contribution in [0.2, 0.25) is 0 Å². The minimum absolute atomic E-state index is 0.0327. The number of hydrogen-bond acceptors (Lipinski definition) is 7. The number of carboxylic acid groups (broad SMARTS) is 1. The van der Waals surface area contributed by atoms with E-state index in [1.807, 2.05) is 80.7 Å². The van der Waals surface area contributed by atoms with E-state index in [-0.39, 0.29) is 50.0 Å². The molecule has 1 fully saturated rings. The van der Waals surface area contributed by atoms with Crippen LogP contribution in [0, 0.1) is 0 Å². The predicted molar refractivity (Wildman–Crippen MR) is 158 cm³/mol. The molecule has 0 saturated carbocycles. The van der Waals surface area contributed by atoms with Crippen LogP contribution in [0.3, 0.4) is 0 Å². The lowest BCUT2D eigenvalue weighted by atomic mass is 9.98. The number of hydrogen-bond donors (Lipinski definition) is 4. The quantitative estimate of drug-likeness (QED) is 0.225. The molecule has 0 unspecified atom stereocenters. The number of carbonyl (C=O) groups excluding carboxylic acids is 1. The van der Waals surface area contributed by atoms with Crippen LogP contribution < -0.4 is 5.32 Å². The van der Waals surface area contributed by atoms with Crippen LogP contribution in [-0.2, 0) is 25.7 Å². The fourth-order valence-electron chi connectivity index (χ4n) is 5.04. The summed E-state index contributed by atoms with van der Waals surface area (Å²) in [5.74, 6) is -1.16. The first kappa shape index (κ1) is 31.3. The average molecular weight is 577 g/mol. The van der Waals surface area contributed by atoms with Gasteiger partial charge in [-0.05, 0) is 49.2 Å². The monoisotopic (exact) mass is 576 g/mol. The maximum absolute atomic E-state index is 12.2. The molecule has 1 heterocycles. The Balaban J connectivity index is 1.46. The second kappa shape index (κ2) is 15.0. The number of anilines is 1. The number of aliphatic hydroxyl groups excluding tert-OH is 2. The fourth-order valence-corrected chi connectivity index (χ4v) is 5.04. The Morgan fingerprint density at radius 1 is 0.952 bits per heavy atom. The van der Waals surface area contributed by atoms with Crippen LogP contribution in [0.4, 0.5) is 5.69 Å². The summed E-state index contributed by atoms with van der Waals surface area (Å²) < 4.78 is 12.9. The smallest absolute Gasteiger partial charge is 0.303 e. The van der Waals surface area contributed by atoms with Gasteiger partial charge in [0, 0.05) is 43.1 Å². The van der Waals surface area contributed by atoms with Crippen molar-refractivity contribution in [2.24, 2.45) is 0 Å². The van der Waals surface area contributed by atoms with Gasteiger partial charge in [-0.25, -0.2) is 0 Å². The van der Waals surface area contributed by atoms with Crippen LogP contribution in [0.15, 0.2) is 78.9 Å². The average Bonchev–Trinajstić information content (AvgIpc) is 3.00. The standard InChI is InChI=1S/C33H40N2O7/c1-22(32(40)25-7-4-3-5-8-25)35(2)20-28-19-29(24-13-11-23(21-36)12-14-24)42-33(41-28)26-15-17-27(18-16-26)34-30(37)9-6-10-31(38)39/h3-5,7-8,11-18,22,28-29,32-33,36,40H,6,9-10,19-21H2,1-2H3,(H,34,37)(H,38,39)/t22-,28-,29+,32-,33+/m0/s1. The summed E-state index contributed by atoms with van der Waals surface area (Å²) in [4.78, 5) is 25.0. The second-order valence-electron chi connectivity index (χ2n) is 10.8. The van der Waals surface area contributed by atoms with Gasteiger partial charge in [0.15, 0.2) is 6.29 Å². The largest absolute Gasteiger partial charge is 0.481 e. The van der Waals surface area contributed by atoms with Gasteiger partial charge in [-0.15, -0.1) is 0 Å². The summed E-state index contributed by atoms with van der Waals surface area (Å²) in [5, 5.41) is 32.0. The minimum Gasteiger partial charge on any atom is -0.481 e. The van der Waals surface area contributed by atoms with E-state index in [0.29, 0.717) is 18.7 Å². The Kier molecular flexibility index (Phi) is 11.2. The third kappa shape index (κ3) is 8.70. The van der Waals surface area contributed by atoms with Gasteiger partial charge in [-0.3, -0.25) is 14.5 Å². The molecule has 42 heavy (non-hydrogen) atoms. The number of likely N-dealkylation sites (N-methyl/N-ethyl adjacent to an activating group) is 1. The summed E-state index contributed by atoms with van der Waals surface area (Å²) in [6.07, 6.45) is -0.791. The predicted octanol–water partition coefficient (Wildman–Crippen LogP) is 4.97. The van der Waals surface area contributed by atoms with Crippen LogP contribution in [0.1, 0.15) is 73.4 Å². The molecule has 4 rings (SSSR count). The SMILES string of the molecule is C[C@@H]([C@H](O)c1ccccc1)N(C)C[C@@H]1C[C@H](c2ccc(CO)cc2)O[C@H](c2ccc(NC(=O)CCCC(=O)O)cc2)O1. The van der Waals surface area contributed by atoms with E-state index in [4.69, 9.17) is 14.6 Å². The summed E-state index contributed by atoms with van der Waals surface area (Å²) in [6.45, 7) is 2.53. The van der Waals surface area contributed by atoms with E-state index in [9.17, 15) is 19.8 Å². The highest BCUT2D eigenvalue weighted by atomic mass is 16.7. The molecule has 3 aromatic carbocycles. The molecule has 0 aromatic heterocycles. The minimum atomic E-state index is -0.923. The fraction of sp³-hybridized carbons (Fsp3) is 0.394. The summed E-state index contributed by atoms with van der Waals surface area (Å²) in [6, 6.07) is 24.4. The van der Waals surface area contributed by atoms with Gasteiger partial charge >= 0.3 is 5.97 Å². The first-order valence-corrected chi connectivity index (χ1v) is 14.3. The molecular weight excluding hydrogens is 536 g/mol. The number of aliphatic hydroxyl groups is 2. The lowest BCUT2D eigenvalue weighted by molar-refractivity contribution is -0.253. The first-order chi connectivity index (χ1) is 20.2. The Labute approximate surface area is 246 Å². The topological polar surface area (TPSA) is 129 Å². The number of amides is 1. The molecule has 4 N–H and O–H groups in total. The van der Waals surface area contributed by atoms with Gasteiger partial charge in [0.1, 0.15) is 0 Å². The Morgan fingerprint density at radius 3 is 2.26 bits per heavy atom. The van der Waals surface area contributed by atoms with Crippen molar-refractivity contribution in [2.45, 2.75) is 69.9 Å². The van der Waals surface area contributed by atoms with Crippen molar-refractivity contribution in [3.63, 3.8) is 0 Å². The highest BCUT2D eigenvalue weighted by Crippen LogP contribution is 2.38. The van der Waals surface area contributed by atoms with Crippen molar-refractivity contribution < 1.29 is 34.4 Å². The lowest BCUT2D eigenvalue weighted by Crippen LogP contribution is -2.43. The van der Waals surface area contributed by atoms with E-state index in [0.717, 1.165) is 22.3 Å². The molecule has 0 bridgehead atoms. The maximum Gasteiger partial charge on any atom is 0.303 e. The third-order valence-corrected chi connectivity index (χ3v) is 7.66. The molecule has 0 aliphatic carbocycles. The van der Waals surface area contributed by atoms with Crippen molar-refractivity contribution in [1.29, 1.82) is 0 Å². The molecule has 0 radical (unpaired) electrons. The van der Waals surface area contributed by atoms with Crippen molar-refractivity contribution in [3.8, 4) is 0 Å². The van der Waals surface area contributed by atoms with E-state index < -0.39 is 18.4 Å². The van der Waals surface area contributed by atoms with Crippen molar-refractivity contribution in [3.05, 3.63) is 101 Å². The Bertz CT molecular complexity index is 1280. The van der Waals surface area contributed by atoms with Crippen molar-refractivity contribution in [2.75, 3.05) is 18.9 Å². The molecule has 9 heteroatoms. The third-order valence-electron chi connectivity index (χ3n) is 7.66. The number of carbonyl (C=O) groups is 2. The van der Waals surface area contributed by atoms with E-state index in [1.165, 1.54) is 0 Å². The molecule has 1 amide bonds. The number of ether oxygens (including phenoxy) is 2.